The van der Waals surface area contributed by atoms with Crippen molar-refractivity contribution in [2.75, 3.05) is 25.0 Å². The van der Waals surface area contributed by atoms with Crippen LogP contribution in [0.4, 0.5) is 5.82 Å². The van der Waals surface area contributed by atoms with Gasteiger partial charge in [-0.25, -0.2) is 9.97 Å². The topological polar surface area (TPSA) is 71.0 Å². The van der Waals surface area contributed by atoms with Gasteiger partial charge >= 0.3 is 0 Å². The van der Waals surface area contributed by atoms with Crippen LogP contribution < -0.4 is 10.2 Å². The van der Waals surface area contributed by atoms with Crippen LogP contribution in [-0.4, -0.2) is 41.0 Å². The molecule has 0 saturated carbocycles. The molecule has 1 unspecified atom stereocenters. The van der Waals surface area contributed by atoms with Gasteiger partial charge in [-0.3, -0.25) is 9.78 Å². The normalized spacial score (nSPS) is 17.6. The molecule has 3 rings (SSSR count). The van der Waals surface area contributed by atoms with Crippen molar-refractivity contribution < 1.29 is 4.79 Å². The zero-order chi connectivity index (χ0) is 17.1. The third kappa shape index (κ3) is 3.22. The van der Waals surface area contributed by atoms with Gasteiger partial charge < -0.3 is 10.2 Å². The van der Waals surface area contributed by atoms with Gasteiger partial charge in [0.05, 0.1) is 5.92 Å². The van der Waals surface area contributed by atoms with Gasteiger partial charge in [0.25, 0.3) is 0 Å². The molecule has 1 N–H and O–H groups in total. The maximum absolute atomic E-state index is 12.0. The number of nitrogens with zero attached hydrogens (tertiary/aromatic N) is 4. The third-order valence-electron chi connectivity index (χ3n) is 4.62. The molecule has 1 saturated heterocycles. The molecule has 1 amide bonds. The van der Waals surface area contributed by atoms with Crippen molar-refractivity contribution in [3.8, 4) is 11.4 Å². The second-order valence-corrected chi connectivity index (χ2v) is 6.22. The Balaban J connectivity index is 1.95. The highest BCUT2D eigenvalue weighted by Crippen LogP contribution is 2.28. The van der Waals surface area contributed by atoms with E-state index in [9.17, 15) is 4.79 Å². The number of carbonyl (C=O) groups excluding carboxylic acids is 1. The molecule has 0 aliphatic carbocycles. The Hall–Kier alpha value is -2.50. The predicted octanol–water partition coefficient (Wildman–Crippen LogP) is 2.12. The Labute approximate surface area is 142 Å². The molecular weight excluding hydrogens is 302 g/mol. The second kappa shape index (κ2) is 6.95. The number of hydrogen-bond donors (Lipinski definition) is 1. The molecule has 3 heterocycles. The van der Waals surface area contributed by atoms with Gasteiger partial charge in [-0.05, 0) is 38.8 Å². The number of pyridine rings is 1. The fourth-order valence-corrected chi connectivity index (χ4v) is 3.13. The number of aryl methyl sites for hydroxylation is 1. The van der Waals surface area contributed by atoms with Crippen LogP contribution in [0.3, 0.4) is 0 Å². The first kappa shape index (κ1) is 16.4. The van der Waals surface area contributed by atoms with Gasteiger partial charge in [0.1, 0.15) is 5.82 Å². The summed E-state index contributed by atoms with van der Waals surface area (Å²) in [6.07, 6.45) is 5.43. The maximum Gasteiger partial charge on any atom is 0.224 e. The SMILES string of the molecule is CNC(=O)C1CCCN(c2nc(-c3cccnc3)nc(C)c2C)C1. The molecule has 0 bridgehead atoms. The van der Waals surface area contributed by atoms with Crippen LogP contribution in [0, 0.1) is 19.8 Å². The lowest BCUT2D eigenvalue weighted by Gasteiger charge is -2.33. The van der Waals surface area contributed by atoms with Crippen molar-refractivity contribution in [3.05, 3.63) is 35.8 Å². The summed E-state index contributed by atoms with van der Waals surface area (Å²) in [7, 11) is 1.70. The molecule has 2 aromatic rings. The lowest BCUT2D eigenvalue weighted by atomic mass is 9.97. The molecule has 0 spiro atoms. The number of amides is 1. The quantitative estimate of drug-likeness (QED) is 0.936. The van der Waals surface area contributed by atoms with E-state index in [0.29, 0.717) is 12.4 Å². The molecule has 6 heteroatoms. The minimum Gasteiger partial charge on any atom is -0.359 e. The van der Waals surface area contributed by atoms with E-state index >= 15 is 0 Å². The highest BCUT2D eigenvalue weighted by Gasteiger charge is 2.27. The molecule has 0 radical (unpaired) electrons. The van der Waals surface area contributed by atoms with Crippen molar-refractivity contribution in [3.63, 3.8) is 0 Å². The van der Waals surface area contributed by atoms with E-state index in [-0.39, 0.29) is 11.8 Å². The number of hydrogen-bond acceptors (Lipinski definition) is 5. The van der Waals surface area contributed by atoms with E-state index in [0.717, 1.165) is 42.0 Å². The van der Waals surface area contributed by atoms with Crippen LogP contribution in [0.15, 0.2) is 24.5 Å². The van der Waals surface area contributed by atoms with Crippen molar-refractivity contribution >= 4 is 11.7 Å². The van der Waals surface area contributed by atoms with E-state index in [1.54, 1.807) is 19.4 Å². The van der Waals surface area contributed by atoms with Crippen LogP contribution >= 0.6 is 0 Å². The minimum atomic E-state index is 0.0141. The molecule has 1 aliphatic rings. The standard InChI is InChI=1S/C18H23N5O/c1-12-13(2)21-16(14-6-4-8-20-10-14)22-17(12)23-9-5-7-15(11-23)18(24)19-3/h4,6,8,10,15H,5,7,9,11H2,1-3H3,(H,19,24). The van der Waals surface area contributed by atoms with Crippen LogP contribution in [0.2, 0.25) is 0 Å². The molecule has 1 aliphatic heterocycles. The summed E-state index contributed by atoms with van der Waals surface area (Å²) >= 11 is 0. The van der Waals surface area contributed by atoms with E-state index in [4.69, 9.17) is 4.98 Å². The monoisotopic (exact) mass is 325 g/mol. The maximum atomic E-state index is 12.0. The molecule has 0 aromatic carbocycles. The fourth-order valence-electron chi connectivity index (χ4n) is 3.13. The largest absolute Gasteiger partial charge is 0.359 e. The molecule has 1 fully saturated rings. The van der Waals surface area contributed by atoms with Gasteiger partial charge in [-0.2, -0.15) is 0 Å². The van der Waals surface area contributed by atoms with Gasteiger partial charge in [0.2, 0.25) is 5.91 Å². The summed E-state index contributed by atoms with van der Waals surface area (Å²) in [4.78, 5) is 27.8. The highest BCUT2D eigenvalue weighted by atomic mass is 16.1. The summed E-state index contributed by atoms with van der Waals surface area (Å²) in [6.45, 7) is 5.66. The van der Waals surface area contributed by atoms with E-state index < -0.39 is 0 Å². The number of anilines is 1. The van der Waals surface area contributed by atoms with Crippen LogP contribution in [0.5, 0.6) is 0 Å². The Kier molecular flexibility index (Phi) is 4.74. The molecule has 126 valence electrons. The van der Waals surface area contributed by atoms with Crippen molar-refractivity contribution in [1.29, 1.82) is 0 Å². The predicted molar refractivity (Wildman–Crippen MR) is 93.7 cm³/mol. The summed E-state index contributed by atoms with van der Waals surface area (Å²) in [5.41, 5.74) is 2.93. The molecule has 2 aromatic heterocycles. The van der Waals surface area contributed by atoms with Crippen molar-refractivity contribution in [1.82, 2.24) is 20.3 Å². The van der Waals surface area contributed by atoms with Gasteiger partial charge in [-0.15, -0.1) is 0 Å². The number of piperidine rings is 1. The third-order valence-corrected chi connectivity index (χ3v) is 4.62. The summed E-state index contributed by atoms with van der Waals surface area (Å²) in [5.74, 6) is 1.73. The van der Waals surface area contributed by atoms with Crippen LogP contribution in [0.1, 0.15) is 24.1 Å². The number of nitrogens with one attached hydrogen (secondary N) is 1. The summed E-state index contributed by atoms with van der Waals surface area (Å²) in [5, 5.41) is 2.76. The first-order valence-electron chi connectivity index (χ1n) is 8.32. The van der Waals surface area contributed by atoms with Crippen LogP contribution in [0.25, 0.3) is 11.4 Å². The van der Waals surface area contributed by atoms with E-state index in [1.807, 2.05) is 26.0 Å². The smallest absolute Gasteiger partial charge is 0.224 e. The Morgan fingerprint density at radius 1 is 1.33 bits per heavy atom. The van der Waals surface area contributed by atoms with E-state index in [1.165, 1.54) is 0 Å². The number of carbonyl (C=O) groups is 1. The Morgan fingerprint density at radius 3 is 2.88 bits per heavy atom. The minimum absolute atomic E-state index is 0.0141. The van der Waals surface area contributed by atoms with Gasteiger partial charge in [0, 0.05) is 49.4 Å². The van der Waals surface area contributed by atoms with E-state index in [2.05, 4.69) is 20.2 Å². The number of rotatable bonds is 3. The van der Waals surface area contributed by atoms with Gasteiger partial charge in [-0.1, -0.05) is 0 Å². The van der Waals surface area contributed by atoms with Crippen LogP contribution in [-0.2, 0) is 4.79 Å². The zero-order valence-electron chi connectivity index (χ0n) is 14.4. The average Bonchev–Trinajstić information content (AvgIpc) is 2.64. The average molecular weight is 325 g/mol. The van der Waals surface area contributed by atoms with Crippen molar-refractivity contribution in [2.24, 2.45) is 5.92 Å². The Morgan fingerprint density at radius 2 is 2.17 bits per heavy atom. The first-order valence-corrected chi connectivity index (χ1v) is 8.32. The van der Waals surface area contributed by atoms with Gasteiger partial charge in [0.15, 0.2) is 5.82 Å². The lowest BCUT2D eigenvalue weighted by molar-refractivity contribution is -0.124. The zero-order valence-corrected chi connectivity index (χ0v) is 14.4. The number of aromatic nitrogens is 3. The summed E-state index contributed by atoms with van der Waals surface area (Å²) in [6, 6.07) is 3.85. The molecule has 6 nitrogen and oxygen atoms in total. The lowest BCUT2D eigenvalue weighted by Crippen LogP contribution is -2.42. The van der Waals surface area contributed by atoms with Crippen molar-refractivity contribution in [2.45, 2.75) is 26.7 Å². The molecule has 1 atom stereocenters. The fraction of sp³-hybridized carbons (Fsp3) is 0.444. The highest BCUT2D eigenvalue weighted by molar-refractivity contribution is 5.79. The molecular formula is C18H23N5O. The second-order valence-electron chi connectivity index (χ2n) is 6.22. The summed E-state index contributed by atoms with van der Waals surface area (Å²) < 4.78 is 0. The first-order chi connectivity index (χ1) is 11.6. The molecule has 24 heavy (non-hydrogen) atoms. The Bertz CT molecular complexity index is 732.